The Labute approximate surface area is 161 Å². The minimum atomic E-state index is -3.71. The number of carbonyl (C=O) groups excluding carboxylic acids is 2. The second-order valence-corrected chi connectivity index (χ2v) is 9.07. The van der Waals surface area contributed by atoms with E-state index in [1.165, 1.54) is 34.7 Å². The smallest absolute Gasteiger partial charge is 0.243 e. The Morgan fingerprint density at radius 2 is 1.96 bits per heavy atom. The molecule has 1 aromatic heterocycles. The number of thiazole rings is 1. The first-order valence-electron chi connectivity index (χ1n) is 8.44. The van der Waals surface area contributed by atoms with Crippen molar-refractivity contribution in [3.8, 4) is 0 Å². The number of benzene rings is 1. The van der Waals surface area contributed by atoms with Crippen LogP contribution in [-0.4, -0.2) is 42.6 Å². The molecule has 2 N–H and O–H groups in total. The lowest BCUT2D eigenvalue weighted by Crippen LogP contribution is -2.43. The fraction of sp³-hybridized carbons (Fsp3) is 0.353. The highest BCUT2D eigenvalue weighted by atomic mass is 32.2. The molecule has 0 spiro atoms. The van der Waals surface area contributed by atoms with Crippen LogP contribution in [-0.2, 0) is 19.6 Å². The van der Waals surface area contributed by atoms with Gasteiger partial charge in [-0.3, -0.25) is 9.59 Å². The molecule has 2 heterocycles. The van der Waals surface area contributed by atoms with Gasteiger partial charge in [-0.15, -0.1) is 11.3 Å². The van der Waals surface area contributed by atoms with Gasteiger partial charge < -0.3 is 10.6 Å². The standard InChI is InChI=1S/C17H20N4O4S2/c1-12(22)19-14-4-6-15(7-5-14)27(24,25)21-9-2-3-13(11-21)16(23)20-17-18-8-10-26-17/h4-8,10,13H,2-3,9,11H2,1H3,(H,19,22)(H,18,20,23)/t13-/m0/s1. The van der Waals surface area contributed by atoms with E-state index in [4.69, 9.17) is 0 Å². The number of hydrogen-bond donors (Lipinski definition) is 2. The fourth-order valence-corrected chi connectivity index (χ4v) is 4.99. The third kappa shape index (κ3) is 4.71. The van der Waals surface area contributed by atoms with Crippen LogP contribution >= 0.6 is 11.3 Å². The van der Waals surface area contributed by atoms with Crippen molar-refractivity contribution in [3.63, 3.8) is 0 Å². The summed E-state index contributed by atoms with van der Waals surface area (Å²) < 4.78 is 27.1. The van der Waals surface area contributed by atoms with Crippen LogP contribution in [0.25, 0.3) is 0 Å². The van der Waals surface area contributed by atoms with Crippen LogP contribution in [0.15, 0.2) is 40.7 Å². The molecular weight excluding hydrogens is 388 g/mol. The first kappa shape index (κ1) is 19.5. The molecule has 0 aliphatic carbocycles. The molecule has 8 nitrogen and oxygen atoms in total. The molecule has 1 aliphatic rings. The van der Waals surface area contributed by atoms with Gasteiger partial charge in [-0.2, -0.15) is 4.31 Å². The van der Waals surface area contributed by atoms with Crippen molar-refractivity contribution < 1.29 is 18.0 Å². The van der Waals surface area contributed by atoms with Crippen LogP contribution in [0, 0.1) is 5.92 Å². The van der Waals surface area contributed by atoms with Crippen molar-refractivity contribution in [1.82, 2.24) is 9.29 Å². The lowest BCUT2D eigenvalue weighted by molar-refractivity contribution is -0.121. The normalized spacial score (nSPS) is 18.0. The monoisotopic (exact) mass is 408 g/mol. The number of sulfonamides is 1. The number of anilines is 2. The van der Waals surface area contributed by atoms with Gasteiger partial charge in [-0.1, -0.05) is 0 Å². The molecule has 1 aliphatic heterocycles. The molecule has 0 radical (unpaired) electrons. The second kappa shape index (κ2) is 8.15. The minimum absolute atomic E-state index is 0.132. The van der Waals surface area contributed by atoms with E-state index in [1.54, 1.807) is 23.7 Å². The number of amides is 2. The summed E-state index contributed by atoms with van der Waals surface area (Å²) >= 11 is 1.32. The zero-order valence-corrected chi connectivity index (χ0v) is 16.3. The average Bonchev–Trinajstić information content (AvgIpc) is 3.15. The Kier molecular flexibility index (Phi) is 5.88. The van der Waals surface area contributed by atoms with Crippen molar-refractivity contribution >= 4 is 44.0 Å². The van der Waals surface area contributed by atoms with Crippen LogP contribution in [0.1, 0.15) is 19.8 Å². The number of nitrogens with zero attached hydrogens (tertiary/aromatic N) is 2. The Hall–Kier alpha value is -2.30. The number of carbonyl (C=O) groups is 2. The van der Waals surface area contributed by atoms with E-state index in [9.17, 15) is 18.0 Å². The number of piperidine rings is 1. The molecule has 2 amide bonds. The van der Waals surface area contributed by atoms with Crippen molar-refractivity contribution in [1.29, 1.82) is 0 Å². The molecule has 0 unspecified atom stereocenters. The topological polar surface area (TPSA) is 108 Å². The Morgan fingerprint density at radius 3 is 2.59 bits per heavy atom. The fourth-order valence-electron chi connectivity index (χ4n) is 2.93. The molecule has 144 valence electrons. The highest BCUT2D eigenvalue weighted by Crippen LogP contribution is 2.26. The van der Waals surface area contributed by atoms with Gasteiger partial charge in [0.05, 0.1) is 10.8 Å². The first-order chi connectivity index (χ1) is 12.9. The van der Waals surface area contributed by atoms with Gasteiger partial charge in [-0.25, -0.2) is 13.4 Å². The summed E-state index contributed by atoms with van der Waals surface area (Å²) in [5, 5.41) is 7.61. The van der Waals surface area contributed by atoms with Crippen LogP contribution < -0.4 is 10.6 Å². The van der Waals surface area contributed by atoms with Crippen molar-refractivity contribution in [2.45, 2.75) is 24.7 Å². The summed E-state index contributed by atoms with van der Waals surface area (Å²) in [4.78, 5) is 27.6. The van der Waals surface area contributed by atoms with Crippen LogP contribution in [0.5, 0.6) is 0 Å². The zero-order chi connectivity index (χ0) is 19.4. The van der Waals surface area contributed by atoms with Crippen LogP contribution in [0.3, 0.4) is 0 Å². The first-order valence-corrected chi connectivity index (χ1v) is 10.8. The van der Waals surface area contributed by atoms with Gasteiger partial charge >= 0.3 is 0 Å². The lowest BCUT2D eigenvalue weighted by atomic mass is 9.99. The molecule has 0 saturated carbocycles. The Morgan fingerprint density at radius 1 is 1.22 bits per heavy atom. The molecule has 27 heavy (non-hydrogen) atoms. The van der Waals surface area contributed by atoms with Crippen LogP contribution in [0.2, 0.25) is 0 Å². The van der Waals surface area contributed by atoms with E-state index in [-0.39, 0.29) is 23.3 Å². The number of nitrogens with one attached hydrogen (secondary N) is 2. The SMILES string of the molecule is CC(=O)Nc1ccc(S(=O)(=O)N2CCC[C@H](C(=O)Nc3nccs3)C2)cc1. The third-order valence-electron chi connectivity index (χ3n) is 4.23. The number of aromatic nitrogens is 1. The predicted octanol–water partition coefficient (Wildman–Crippen LogP) is 2.14. The molecule has 2 aromatic rings. The van der Waals surface area contributed by atoms with Crippen molar-refractivity contribution in [2.75, 3.05) is 23.7 Å². The quantitative estimate of drug-likeness (QED) is 0.788. The van der Waals surface area contributed by atoms with Gasteiger partial charge in [0.2, 0.25) is 21.8 Å². The molecule has 1 saturated heterocycles. The van der Waals surface area contributed by atoms with Crippen molar-refractivity contribution in [3.05, 3.63) is 35.8 Å². The summed E-state index contributed by atoms with van der Waals surface area (Å²) in [5.41, 5.74) is 0.529. The van der Waals surface area contributed by atoms with E-state index in [2.05, 4.69) is 15.6 Å². The average molecular weight is 409 g/mol. The van der Waals surface area contributed by atoms with Gasteiger partial charge in [0.1, 0.15) is 0 Å². The minimum Gasteiger partial charge on any atom is -0.326 e. The summed E-state index contributed by atoms with van der Waals surface area (Å²) in [7, 11) is -3.71. The maximum absolute atomic E-state index is 12.9. The molecule has 1 atom stereocenters. The molecule has 10 heteroatoms. The summed E-state index contributed by atoms with van der Waals surface area (Å²) in [6.45, 7) is 1.89. The van der Waals surface area contributed by atoms with E-state index < -0.39 is 15.9 Å². The third-order valence-corrected chi connectivity index (χ3v) is 6.80. The maximum atomic E-state index is 12.9. The van der Waals surface area contributed by atoms with E-state index in [0.717, 1.165) is 0 Å². The Balaban J connectivity index is 1.70. The van der Waals surface area contributed by atoms with Gasteiger partial charge in [0.25, 0.3) is 0 Å². The molecule has 3 rings (SSSR count). The second-order valence-electron chi connectivity index (χ2n) is 6.23. The molecule has 1 fully saturated rings. The zero-order valence-electron chi connectivity index (χ0n) is 14.7. The van der Waals surface area contributed by atoms with E-state index in [0.29, 0.717) is 30.2 Å². The van der Waals surface area contributed by atoms with Crippen LogP contribution in [0.4, 0.5) is 10.8 Å². The summed E-state index contributed by atoms with van der Waals surface area (Å²) in [5.74, 6) is -0.863. The van der Waals surface area contributed by atoms with Gasteiger partial charge in [-0.05, 0) is 37.1 Å². The molecule has 0 bridgehead atoms. The predicted molar refractivity (Wildman–Crippen MR) is 103 cm³/mol. The Bertz CT molecular complexity index is 911. The van der Waals surface area contributed by atoms with Gasteiger partial charge in [0, 0.05) is 37.3 Å². The molecular formula is C17H20N4O4S2. The maximum Gasteiger partial charge on any atom is 0.243 e. The largest absolute Gasteiger partial charge is 0.326 e. The van der Waals surface area contributed by atoms with Crippen molar-refractivity contribution in [2.24, 2.45) is 5.92 Å². The summed E-state index contributed by atoms with van der Waals surface area (Å²) in [6, 6.07) is 6.01. The van der Waals surface area contributed by atoms with E-state index in [1.807, 2.05) is 0 Å². The number of rotatable bonds is 5. The number of hydrogen-bond acceptors (Lipinski definition) is 6. The highest BCUT2D eigenvalue weighted by molar-refractivity contribution is 7.89. The highest BCUT2D eigenvalue weighted by Gasteiger charge is 2.33. The van der Waals surface area contributed by atoms with E-state index >= 15 is 0 Å². The lowest BCUT2D eigenvalue weighted by Gasteiger charge is -2.31. The molecule has 1 aromatic carbocycles. The summed E-state index contributed by atoms with van der Waals surface area (Å²) in [6.07, 6.45) is 2.84. The van der Waals surface area contributed by atoms with Gasteiger partial charge in [0.15, 0.2) is 5.13 Å².